The molecule has 4 aliphatic rings. The zero-order chi connectivity index (χ0) is 30.4. The van der Waals surface area contributed by atoms with Crippen LogP contribution in [0.4, 0.5) is 5.69 Å². The molecule has 8 nitrogen and oxygen atoms in total. The molecule has 2 heterocycles. The van der Waals surface area contributed by atoms with Gasteiger partial charge in [0.05, 0.1) is 24.5 Å². The van der Waals surface area contributed by atoms with E-state index in [1.807, 2.05) is 12.1 Å². The van der Waals surface area contributed by atoms with Crippen molar-refractivity contribution in [1.29, 1.82) is 0 Å². The van der Waals surface area contributed by atoms with E-state index in [1.54, 1.807) is 31.2 Å². The number of hydrogen-bond donors (Lipinski definition) is 2. The van der Waals surface area contributed by atoms with Crippen molar-refractivity contribution in [3.8, 4) is 5.75 Å². The summed E-state index contributed by atoms with van der Waals surface area (Å²) < 4.78 is 41.3. The Labute approximate surface area is 259 Å². The van der Waals surface area contributed by atoms with Crippen molar-refractivity contribution in [1.82, 2.24) is 4.72 Å². The lowest BCUT2D eigenvalue weighted by Crippen LogP contribution is -2.49. The van der Waals surface area contributed by atoms with Crippen LogP contribution < -0.4 is 14.4 Å². The van der Waals surface area contributed by atoms with Gasteiger partial charge in [0.1, 0.15) is 11.0 Å². The van der Waals surface area contributed by atoms with Crippen LogP contribution in [0.15, 0.2) is 48.6 Å². The lowest BCUT2D eigenvalue weighted by Gasteiger charge is -2.45. The van der Waals surface area contributed by atoms with Gasteiger partial charge < -0.3 is 19.5 Å². The van der Waals surface area contributed by atoms with Gasteiger partial charge in [-0.25, -0.2) is 13.1 Å². The maximum atomic E-state index is 13.5. The van der Waals surface area contributed by atoms with Gasteiger partial charge >= 0.3 is 0 Å². The van der Waals surface area contributed by atoms with Crippen LogP contribution in [0.5, 0.6) is 5.75 Å². The molecule has 1 spiro atoms. The minimum atomic E-state index is -4.06. The maximum Gasteiger partial charge on any atom is 0.264 e. The molecule has 0 saturated heterocycles. The number of nitrogens with zero attached hydrogens (tertiary/aromatic N) is 1. The maximum absolute atomic E-state index is 13.5. The van der Waals surface area contributed by atoms with Crippen LogP contribution in [0.2, 0.25) is 5.02 Å². The highest BCUT2D eigenvalue weighted by Crippen LogP contribution is 2.46. The molecule has 43 heavy (non-hydrogen) atoms. The summed E-state index contributed by atoms with van der Waals surface area (Å²) in [5, 5.41) is 11.0. The molecule has 6 rings (SSSR count). The van der Waals surface area contributed by atoms with Gasteiger partial charge in [-0.05, 0) is 98.2 Å². The first-order chi connectivity index (χ1) is 20.6. The van der Waals surface area contributed by atoms with Crippen LogP contribution >= 0.6 is 11.6 Å². The molecule has 10 heteroatoms. The zero-order valence-electron chi connectivity index (χ0n) is 24.8. The number of amides is 1. The first kappa shape index (κ1) is 30.4. The molecule has 2 aliphatic carbocycles. The number of ether oxygens (including phenoxy) is 2. The molecule has 0 aromatic heterocycles. The number of anilines is 1. The molecule has 2 N–H and O–H groups in total. The number of benzene rings is 2. The van der Waals surface area contributed by atoms with Crippen molar-refractivity contribution in [2.45, 2.75) is 74.7 Å². The highest BCUT2D eigenvalue weighted by Gasteiger charge is 2.44. The molecule has 2 bridgehead atoms. The van der Waals surface area contributed by atoms with Crippen molar-refractivity contribution in [3.63, 3.8) is 0 Å². The predicted molar refractivity (Wildman–Crippen MR) is 167 cm³/mol. The van der Waals surface area contributed by atoms with Crippen molar-refractivity contribution in [3.05, 3.63) is 70.3 Å². The first-order valence-electron chi connectivity index (χ1n) is 15.4. The van der Waals surface area contributed by atoms with E-state index in [9.17, 15) is 18.3 Å². The van der Waals surface area contributed by atoms with E-state index in [-0.39, 0.29) is 29.2 Å². The molecule has 2 aliphatic heterocycles. The molecule has 232 valence electrons. The summed E-state index contributed by atoms with van der Waals surface area (Å²) in [5.74, 6) is 0.333. The van der Waals surface area contributed by atoms with E-state index in [2.05, 4.69) is 21.8 Å². The highest BCUT2D eigenvalue weighted by atomic mass is 35.5. The van der Waals surface area contributed by atoms with E-state index >= 15 is 0 Å². The quantitative estimate of drug-likeness (QED) is 0.450. The number of rotatable bonds is 2. The zero-order valence-corrected chi connectivity index (χ0v) is 26.4. The average molecular weight is 629 g/mol. The van der Waals surface area contributed by atoms with Gasteiger partial charge in [-0.1, -0.05) is 36.7 Å². The Morgan fingerprint density at radius 2 is 2.05 bits per heavy atom. The van der Waals surface area contributed by atoms with Gasteiger partial charge in [0.25, 0.3) is 5.91 Å². The minimum absolute atomic E-state index is 0.0864. The first-order valence-corrected chi connectivity index (χ1v) is 17.3. The van der Waals surface area contributed by atoms with Crippen LogP contribution in [0.3, 0.4) is 0 Å². The fraction of sp³-hybridized carbons (Fsp3) is 0.545. The fourth-order valence-electron chi connectivity index (χ4n) is 7.65. The number of nitrogens with one attached hydrogen (secondary N) is 1. The normalized spacial score (nSPS) is 32.8. The molecule has 0 unspecified atom stereocenters. The number of methoxy groups -OCH3 is 1. The number of aryl methyl sites for hydroxylation is 1. The molecule has 6 atom stereocenters. The van der Waals surface area contributed by atoms with E-state index in [1.165, 1.54) is 18.2 Å². The summed E-state index contributed by atoms with van der Waals surface area (Å²) in [6.07, 6.45) is 7.74. The Bertz CT molecular complexity index is 1510. The van der Waals surface area contributed by atoms with Crippen molar-refractivity contribution < 1.29 is 27.8 Å². The SMILES string of the molecule is CC[C@H]1[C@@H](OC)C/C=C\[C@H](O)[C@@H]2CC[C@H]2CN2C[C@@]3(CCCc4cc(Cl)ccc43)COc3ccc(cc32)C(=O)NS1(=O)=O. The van der Waals surface area contributed by atoms with Crippen LogP contribution in [0.25, 0.3) is 0 Å². The highest BCUT2D eigenvalue weighted by molar-refractivity contribution is 7.90. The topological polar surface area (TPSA) is 105 Å². The Morgan fingerprint density at radius 1 is 1.21 bits per heavy atom. The van der Waals surface area contributed by atoms with Crippen molar-refractivity contribution >= 4 is 33.2 Å². The monoisotopic (exact) mass is 628 g/mol. The van der Waals surface area contributed by atoms with Crippen LogP contribution in [0, 0.1) is 11.8 Å². The van der Waals surface area contributed by atoms with Gasteiger partial charge in [-0.2, -0.15) is 0 Å². The second kappa shape index (κ2) is 12.1. The summed E-state index contributed by atoms with van der Waals surface area (Å²) in [6.45, 7) is 3.63. The Hall–Kier alpha value is -2.59. The van der Waals surface area contributed by atoms with Gasteiger partial charge in [0.15, 0.2) is 0 Å². The van der Waals surface area contributed by atoms with Crippen LogP contribution in [-0.4, -0.2) is 63.7 Å². The van der Waals surface area contributed by atoms with E-state index < -0.39 is 33.4 Å². The van der Waals surface area contributed by atoms with Crippen molar-refractivity contribution in [2.75, 3.05) is 31.7 Å². The number of halogens is 1. The van der Waals surface area contributed by atoms with Gasteiger partial charge in [0, 0.05) is 36.2 Å². The lowest BCUT2D eigenvalue weighted by atomic mass is 9.68. The molecule has 0 radical (unpaired) electrons. The Balaban J connectivity index is 1.42. The predicted octanol–water partition coefficient (Wildman–Crippen LogP) is 5.01. The standard InChI is InChI=1S/C33H41ClN2O6S/c1-3-31-30(41-2)8-4-7-28(37)25-12-9-23(25)18-36-19-33(15-5-6-21-16-24(34)11-13-26(21)33)20-42-29-14-10-22(17-27(29)36)32(38)35-43(31,39)40/h4,7,10-11,13-14,16-17,23,25,28,30-31,37H,3,5-6,8-9,12,15,18-20H2,1-2H3,(H,35,38)/b7-4-/t23-,25+,28-,30-,31-,33-/m0/s1. The fourth-order valence-corrected chi connectivity index (χ4v) is 9.43. The van der Waals surface area contributed by atoms with E-state index in [0.717, 1.165) is 42.8 Å². The van der Waals surface area contributed by atoms with Crippen molar-refractivity contribution in [2.24, 2.45) is 11.8 Å². The molecule has 2 aromatic carbocycles. The van der Waals surface area contributed by atoms with Gasteiger partial charge in [0.2, 0.25) is 10.0 Å². The third kappa shape index (κ3) is 5.81. The number of aliphatic hydroxyl groups is 1. The summed E-state index contributed by atoms with van der Waals surface area (Å²) in [4.78, 5) is 15.8. The van der Waals surface area contributed by atoms with Crippen LogP contribution in [-0.2, 0) is 26.6 Å². The second-order valence-electron chi connectivity index (χ2n) is 12.6. The van der Waals surface area contributed by atoms with E-state index in [4.69, 9.17) is 21.1 Å². The molecule has 1 amide bonds. The summed E-state index contributed by atoms with van der Waals surface area (Å²) in [6, 6.07) is 11.3. The van der Waals surface area contributed by atoms with Gasteiger partial charge in [-0.3, -0.25) is 4.79 Å². The molecule has 1 fully saturated rings. The molecular formula is C33H41ClN2O6S. The average Bonchev–Trinajstić information content (AvgIpc) is 3.10. The number of fused-ring (bicyclic) bond motifs is 4. The Morgan fingerprint density at radius 3 is 2.79 bits per heavy atom. The number of aliphatic hydroxyl groups excluding tert-OH is 1. The lowest BCUT2D eigenvalue weighted by molar-refractivity contribution is 0.0451. The summed E-state index contributed by atoms with van der Waals surface area (Å²) in [7, 11) is -2.59. The summed E-state index contributed by atoms with van der Waals surface area (Å²) >= 11 is 6.39. The number of carbonyl (C=O) groups excluding carboxylic acids is 1. The molecule has 1 saturated carbocycles. The Kier molecular flexibility index (Phi) is 8.54. The number of hydrogen-bond acceptors (Lipinski definition) is 7. The molecule has 2 aromatic rings. The third-order valence-corrected chi connectivity index (χ3v) is 12.3. The number of sulfonamides is 1. The molecular weight excluding hydrogens is 588 g/mol. The minimum Gasteiger partial charge on any atom is -0.490 e. The third-order valence-electron chi connectivity index (χ3n) is 10.1. The van der Waals surface area contributed by atoms with E-state index in [0.29, 0.717) is 31.9 Å². The largest absolute Gasteiger partial charge is 0.490 e. The summed E-state index contributed by atoms with van der Waals surface area (Å²) in [5.41, 5.74) is 3.25. The van der Waals surface area contributed by atoms with Crippen LogP contribution in [0.1, 0.15) is 66.9 Å². The number of carbonyl (C=O) groups is 1. The smallest absolute Gasteiger partial charge is 0.264 e. The second-order valence-corrected chi connectivity index (χ2v) is 15.0. The van der Waals surface area contributed by atoms with Gasteiger partial charge in [-0.15, -0.1) is 0 Å².